The molecule has 0 bridgehead atoms. The van der Waals surface area contributed by atoms with Gasteiger partial charge >= 0.3 is 0 Å². The zero-order chi connectivity index (χ0) is 19.7. The fourth-order valence-electron chi connectivity index (χ4n) is 5.18. The standard InChI is InChI=1S/C28H18N2/c1-4-17-9-10-18-5-2-8-23-24(15-20(6-1)25(17)26(18)23)22-14-21-12-11-19-7-3-13-29-27(19)28(21)30-16-22/h1-3,5-7,9-16H,4,8H2. The minimum Gasteiger partial charge on any atom is -0.254 e. The molecule has 0 unspecified atom stereocenters. The molecule has 0 aliphatic heterocycles. The van der Waals surface area contributed by atoms with E-state index in [-0.39, 0.29) is 0 Å². The van der Waals surface area contributed by atoms with Gasteiger partial charge in [0.25, 0.3) is 0 Å². The molecule has 30 heavy (non-hydrogen) atoms. The second-order valence-corrected chi connectivity index (χ2v) is 8.21. The lowest BCUT2D eigenvalue weighted by Crippen LogP contribution is -2.03. The van der Waals surface area contributed by atoms with Gasteiger partial charge < -0.3 is 0 Å². The van der Waals surface area contributed by atoms with E-state index in [0.29, 0.717) is 0 Å². The van der Waals surface area contributed by atoms with E-state index in [4.69, 9.17) is 4.98 Å². The second kappa shape index (κ2) is 5.87. The molecule has 2 nitrogen and oxygen atoms in total. The third-order valence-corrected chi connectivity index (χ3v) is 6.53. The third-order valence-electron chi connectivity index (χ3n) is 6.53. The highest BCUT2D eigenvalue weighted by molar-refractivity contribution is 6.07. The van der Waals surface area contributed by atoms with Crippen LogP contribution < -0.4 is 0 Å². The molecule has 2 aliphatic carbocycles. The number of aromatic nitrogens is 2. The average molecular weight is 382 g/mol. The van der Waals surface area contributed by atoms with Crippen LogP contribution in [0, 0.1) is 0 Å². The SMILES string of the molecule is C1=Cc2cc(-c3cnc4c(ccc5cccnc54)c3)c3c4c(ccc(c24)C1)C=CC3. The molecular formula is C28H18N2. The van der Waals surface area contributed by atoms with Gasteiger partial charge in [-0.2, -0.15) is 0 Å². The Morgan fingerprint density at radius 3 is 2.57 bits per heavy atom. The number of hydrogen-bond donors (Lipinski definition) is 0. The molecule has 0 N–H and O–H groups in total. The highest BCUT2D eigenvalue weighted by Crippen LogP contribution is 2.41. The van der Waals surface area contributed by atoms with Gasteiger partial charge in [0.05, 0.1) is 11.0 Å². The number of fused-ring (bicyclic) bond motifs is 3. The minimum atomic E-state index is 0.962. The Bertz CT molecular complexity index is 1590. The number of benzene rings is 3. The number of nitrogens with zero attached hydrogens (tertiary/aromatic N) is 2. The zero-order valence-electron chi connectivity index (χ0n) is 16.4. The van der Waals surface area contributed by atoms with Crippen molar-refractivity contribution in [3.8, 4) is 11.1 Å². The summed E-state index contributed by atoms with van der Waals surface area (Å²) in [4.78, 5) is 9.44. The van der Waals surface area contributed by atoms with Crippen LogP contribution in [0.5, 0.6) is 0 Å². The van der Waals surface area contributed by atoms with Crippen molar-refractivity contribution in [3.05, 3.63) is 95.3 Å². The lowest BCUT2D eigenvalue weighted by atomic mass is 9.81. The van der Waals surface area contributed by atoms with Crippen LogP contribution in [0.2, 0.25) is 0 Å². The number of hydrogen-bond acceptors (Lipinski definition) is 2. The molecule has 0 radical (unpaired) electrons. The van der Waals surface area contributed by atoms with Crippen molar-refractivity contribution in [3.63, 3.8) is 0 Å². The van der Waals surface area contributed by atoms with E-state index >= 15 is 0 Å². The Morgan fingerprint density at radius 1 is 0.700 bits per heavy atom. The molecule has 2 aromatic heterocycles. The maximum atomic E-state index is 4.87. The van der Waals surface area contributed by atoms with Crippen molar-refractivity contribution >= 4 is 44.7 Å². The first kappa shape index (κ1) is 16.1. The van der Waals surface area contributed by atoms with Crippen LogP contribution in [0.4, 0.5) is 0 Å². The summed E-state index contributed by atoms with van der Waals surface area (Å²) in [5, 5.41) is 5.12. The van der Waals surface area contributed by atoms with Crippen LogP contribution in [-0.2, 0) is 12.8 Å². The summed E-state index contributed by atoms with van der Waals surface area (Å²) in [7, 11) is 0. The molecule has 7 rings (SSSR count). The normalized spacial score (nSPS) is 14.1. The number of allylic oxidation sites excluding steroid dienone is 2. The van der Waals surface area contributed by atoms with Crippen LogP contribution in [0.3, 0.4) is 0 Å². The maximum absolute atomic E-state index is 4.87. The molecule has 2 heterocycles. The Labute approximate surface area is 174 Å². The summed E-state index contributed by atoms with van der Waals surface area (Å²) >= 11 is 0. The molecule has 0 amide bonds. The van der Waals surface area contributed by atoms with Gasteiger partial charge in [-0.25, -0.2) is 0 Å². The monoisotopic (exact) mass is 382 g/mol. The highest BCUT2D eigenvalue weighted by Gasteiger charge is 2.20. The topological polar surface area (TPSA) is 25.8 Å². The van der Waals surface area contributed by atoms with Gasteiger partial charge in [-0.3, -0.25) is 9.97 Å². The molecule has 140 valence electrons. The van der Waals surface area contributed by atoms with Crippen LogP contribution in [-0.4, -0.2) is 9.97 Å². The Hall–Kier alpha value is -3.78. The quantitative estimate of drug-likeness (QED) is 0.300. The smallest absolute Gasteiger partial charge is 0.0964 e. The van der Waals surface area contributed by atoms with E-state index in [1.54, 1.807) is 0 Å². The summed E-state index contributed by atoms with van der Waals surface area (Å²) in [6.45, 7) is 0. The highest BCUT2D eigenvalue weighted by atomic mass is 14.7. The van der Waals surface area contributed by atoms with Gasteiger partial charge in [0.2, 0.25) is 0 Å². The van der Waals surface area contributed by atoms with Crippen LogP contribution in [0.15, 0.2) is 73.1 Å². The number of rotatable bonds is 1. The van der Waals surface area contributed by atoms with Crippen molar-refractivity contribution in [2.45, 2.75) is 12.8 Å². The van der Waals surface area contributed by atoms with Crippen LogP contribution in [0.25, 0.3) is 55.9 Å². The fourth-order valence-corrected chi connectivity index (χ4v) is 5.18. The van der Waals surface area contributed by atoms with Crippen molar-refractivity contribution in [2.75, 3.05) is 0 Å². The minimum absolute atomic E-state index is 0.962. The molecule has 0 fully saturated rings. The molecule has 0 spiro atoms. The van der Waals surface area contributed by atoms with Crippen LogP contribution >= 0.6 is 0 Å². The average Bonchev–Trinajstić information content (AvgIpc) is 2.82. The Balaban J connectivity index is 1.54. The Kier molecular flexibility index (Phi) is 3.14. The first-order valence-electron chi connectivity index (χ1n) is 10.5. The summed E-state index contributed by atoms with van der Waals surface area (Å²) in [5.74, 6) is 0. The van der Waals surface area contributed by atoms with Crippen LogP contribution in [0.1, 0.15) is 22.3 Å². The van der Waals surface area contributed by atoms with Gasteiger partial charge in [0.15, 0.2) is 0 Å². The third kappa shape index (κ3) is 2.13. The molecule has 0 saturated heterocycles. The van der Waals surface area contributed by atoms with Gasteiger partial charge in [0.1, 0.15) is 0 Å². The van der Waals surface area contributed by atoms with Crippen molar-refractivity contribution in [1.82, 2.24) is 9.97 Å². The van der Waals surface area contributed by atoms with Gasteiger partial charge in [-0.15, -0.1) is 0 Å². The predicted octanol–water partition coefficient (Wildman–Crippen LogP) is 6.74. The van der Waals surface area contributed by atoms with E-state index in [2.05, 4.69) is 71.8 Å². The first-order chi connectivity index (χ1) is 14.9. The van der Waals surface area contributed by atoms with E-state index in [0.717, 1.165) is 34.6 Å². The van der Waals surface area contributed by atoms with Crippen molar-refractivity contribution in [1.29, 1.82) is 0 Å². The summed E-state index contributed by atoms with van der Waals surface area (Å²) < 4.78 is 0. The lowest BCUT2D eigenvalue weighted by molar-refractivity contribution is 1.25. The second-order valence-electron chi connectivity index (χ2n) is 8.21. The molecule has 5 aromatic rings. The van der Waals surface area contributed by atoms with Gasteiger partial charge in [0, 0.05) is 28.7 Å². The molecule has 0 saturated carbocycles. The van der Waals surface area contributed by atoms with E-state index in [1.807, 2.05) is 18.5 Å². The van der Waals surface area contributed by atoms with Crippen molar-refractivity contribution < 1.29 is 0 Å². The first-order valence-corrected chi connectivity index (χ1v) is 10.5. The molecule has 2 heteroatoms. The molecule has 3 aromatic carbocycles. The Morgan fingerprint density at radius 2 is 1.57 bits per heavy atom. The largest absolute Gasteiger partial charge is 0.254 e. The van der Waals surface area contributed by atoms with Gasteiger partial charge in [-0.05, 0) is 69.6 Å². The maximum Gasteiger partial charge on any atom is 0.0964 e. The van der Waals surface area contributed by atoms with E-state index in [9.17, 15) is 0 Å². The summed E-state index contributed by atoms with van der Waals surface area (Å²) in [6, 6.07) is 17.6. The lowest BCUT2D eigenvalue weighted by Gasteiger charge is -2.23. The van der Waals surface area contributed by atoms with Gasteiger partial charge in [-0.1, -0.05) is 54.6 Å². The molecule has 0 atom stereocenters. The predicted molar refractivity (Wildman–Crippen MR) is 125 cm³/mol. The summed E-state index contributed by atoms with van der Waals surface area (Å²) in [5.41, 5.74) is 9.91. The fraction of sp³-hybridized carbons (Fsp3) is 0.0714. The van der Waals surface area contributed by atoms with E-state index in [1.165, 1.54) is 44.2 Å². The summed E-state index contributed by atoms with van der Waals surface area (Å²) in [6.07, 6.45) is 15.0. The number of pyridine rings is 2. The molecular weight excluding hydrogens is 364 g/mol. The van der Waals surface area contributed by atoms with Crippen molar-refractivity contribution in [2.24, 2.45) is 0 Å². The molecule has 2 aliphatic rings. The van der Waals surface area contributed by atoms with E-state index < -0.39 is 0 Å². The zero-order valence-corrected chi connectivity index (χ0v) is 16.4.